The Morgan fingerprint density at radius 1 is 0.143 bits per heavy atom. The second kappa shape index (κ2) is 31.8. The lowest BCUT2D eigenvalue weighted by Gasteiger charge is -2.19. The summed E-state index contributed by atoms with van der Waals surface area (Å²) in [5, 5.41) is 0. The van der Waals surface area contributed by atoms with Gasteiger partial charge < -0.3 is 0 Å². The van der Waals surface area contributed by atoms with Crippen molar-refractivity contribution in [2.75, 3.05) is 0 Å². The highest BCUT2D eigenvalue weighted by atomic mass is 79.9. The SMILES string of the molecule is Brc1cc(-c2ccccn2)ccc1-c1ccccc1-c1cc(-c2ccccc2-c2ccc(-c3ncc(-c4ccccc4-c4cc(-c5ccccc5-c5ccc(-c6ccccn6)cc5Br)cc(-c5ccccc5-c5ccc(-c6ccccn6)cc5Br)c4)cn3)cc2)cc(-c2ccccc2-c2ccc(-c3ccccn3)cc2Br)c1. The van der Waals surface area contributed by atoms with Crippen LogP contribution in [0.3, 0.4) is 0 Å². The first-order valence-electron chi connectivity index (χ1n) is 36.8. The molecule has 0 fully saturated rings. The maximum Gasteiger partial charge on any atom is 0.159 e. The van der Waals surface area contributed by atoms with E-state index in [1.54, 1.807) is 0 Å². The van der Waals surface area contributed by atoms with Crippen molar-refractivity contribution < 1.29 is 0 Å². The zero-order chi connectivity index (χ0) is 75.4. The standard InChI is InChI=1S/C102H64Br4N6/c103-94-59-67(98-33-13-17-49-107-98)41-45-90(94)86-29-9-5-24-81(86)73-53-71(54-74(57-73)82-25-6-10-30-87(82)91-46-42-68(60-95(91)104)99-34-14-18-50-108-99)79-22-2-1-21-78(79)65-37-39-66(40-38-65)102-111-63-77(64-112-102)85-28-4-3-23-80(85)72-55-75(83-26-7-11-31-88(83)92-47-43-69(61-96(92)105)100-35-15-19-51-109-100)58-76(56-72)84-27-8-12-32-89(84)93-48-44-70(62-97(93)106)101-36-16-20-52-110-101/h1-64H. The van der Waals surface area contributed by atoms with E-state index in [1.165, 1.54) is 0 Å². The van der Waals surface area contributed by atoms with Gasteiger partial charge in [-0.3, -0.25) is 19.9 Å². The smallest absolute Gasteiger partial charge is 0.159 e. The maximum absolute atomic E-state index is 5.16. The Morgan fingerprint density at radius 2 is 0.348 bits per heavy atom. The molecule has 6 nitrogen and oxygen atoms in total. The molecule has 0 saturated carbocycles. The van der Waals surface area contributed by atoms with Crippen LogP contribution < -0.4 is 0 Å². The highest BCUT2D eigenvalue weighted by molar-refractivity contribution is 9.11. The molecule has 112 heavy (non-hydrogen) atoms. The van der Waals surface area contributed by atoms with Crippen molar-refractivity contribution in [2.45, 2.75) is 0 Å². The Kier molecular flexibility index (Phi) is 20.2. The highest BCUT2D eigenvalue weighted by Crippen LogP contribution is 2.49. The second-order valence-corrected chi connectivity index (χ2v) is 30.8. The van der Waals surface area contributed by atoms with E-state index in [0.29, 0.717) is 5.82 Å². The Balaban J connectivity index is 0.702. The fourth-order valence-electron chi connectivity index (χ4n) is 15.2. The predicted octanol–water partition coefficient (Wildman–Crippen LogP) is 29.4. The van der Waals surface area contributed by atoms with Crippen molar-refractivity contribution in [3.63, 3.8) is 0 Å². The number of aromatic nitrogens is 6. The fraction of sp³-hybridized carbons (Fsp3) is 0. The van der Waals surface area contributed by atoms with E-state index in [0.717, 1.165) is 202 Å². The third-order valence-electron chi connectivity index (χ3n) is 20.6. The van der Waals surface area contributed by atoms with Crippen LogP contribution in [0.2, 0.25) is 0 Å². The van der Waals surface area contributed by atoms with Gasteiger partial charge in [0.05, 0.1) is 22.8 Å². The Morgan fingerprint density at radius 3 is 0.589 bits per heavy atom. The van der Waals surface area contributed by atoms with Crippen LogP contribution in [0.4, 0.5) is 0 Å². The predicted molar refractivity (Wildman–Crippen MR) is 476 cm³/mol. The summed E-state index contributed by atoms with van der Waals surface area (Å²) in [5.41, 5.74) is 34.5. The first-order valence-corrected chi connectivity index (χ1v) is 40.0. The molecule has 0 N–H and O–H groups in total. The van der Waals surface area contributed by atoms with E-state index in [1.807, 2.05) is 110 Å². The number of benzene rings is 13. The molecule has 0 atom stereocenters. The van der Waals surface area contributed by atoms with Crippen molar-refractivity contribution in [1.29, 1.82) is 0 Å². The fourth-order valence-corrected chi connectivity index (χ4v) is 17.5. The number of hydrogen-bond acceptors (Lipinski definition) is 6. The summed E-state index contributed by atoms with van der Waals surface area (Å²) in [6.07, 6.45) is 11.3. The lowest BCUT2D eigenvalue weighted by molar-refractivity contribution is 1.18. The lowest BCUT2D eigenvalue weighted by Crippen LogP contribution is -1.94. The third kappa shape index (κ3) is 14.6. The van der Waals surface area contributed by atoms with Crippen molar-refractivity contribution in [1.82, 2.24) is 29.9 Å². The molecule has 0 radical (unpaired) electrons. The van der Waals surface area contributed by atoms with Crippen molar-refractivity contribution >= 4 is 63.7 Å². The molecule has 5 heterocycles. The molecule has 5 aromatic heterocycles. The first-order chi connectivity index (χ1) is 55.2. The van der Waals surface area contributed by atoms with Gasteiger partial charge in [-0.25, -0.2) is 9.97 Å². The molecule has 10 heteroatoms. The van der Waals surface area contributed by atoms with Gasteiger partial charge in [0, 0.05) is 88.5 Å². The van der Waals surface area contributed by atoms with Crippen LogP contribution in [0, 0.1) is 0 Å². The molecule has 0 saturated heterocycles. The summed E-state index contributed by atoms with van der Waals surface area (Å²) in [6.45, 7) is 0. The average Bonchev–Trinajstić information content (AvgIpc) is 0.769. The van der Waals surface area contributed by atoms with Gasteiger partial charge in [-0.2, -0.15) is 0 Å². The molecule has 0 aliphatic rings. The number of hydrogen-bond donors (Lipinski definition) is 0. The molecule has 0 bridgehead atoms. The monoisotopic (exact) mass is 1690 g/mol. The molecule has 13 aromatic carbocycles. The third-order valence-corrected chi connectivity index (χ3v) is 23.2. The molecule has 0 aliphatic heterocycles. The number of pyridine rings is 4. The van der Waals surface area contributed by atoms with Crippen LogP contribution in [0.1, 0.15) is 0 Å². The van der Waals surface area contributed by atoms with Crippen molar-refractivity contribution in [2.24, 2.45) is 0 Å². The average molecular weight is 1690 g/mol. The van der Waals surface area contributed by atoms with Gasteiger partial charge in [-0.15, -0.1) is 0 Å². The highest BCUT2D eigenvalue weighted by Gasteiger charge is 2.23. The Bertz CT molecular complexity index is 5840. The van der Waals surface area contributed by atoms with Crippen LogP contribution in [-0.2, 0) is 0 Å². The van der Waals surface area contributed by atoms with Crippen LogP contribution in [0.5, 0.6) is 0 Å². The molecule has 18 aromatic rings. The summed E-state index contributed by atoms with van der Waals surface area (Å²) in [4.78, 5) is 29.0. The van der Waals surface area contributed by atoms with E-state index in [2.05, 4.69) is 363 Å². The van der Waals surface area contributed by atoms with Crippen LogP contribution >= 0.6 is 63.7 Å². The molecular formula is C102H64Br4N6. The topological polar surface area (TPSA) is 77.3 Å². The van der Waals surface area contributed by atoms with Crippen LogP contribution in [0.15, 0.2) is 407 Å². The number of nitrogens with zero attached hydrogens (tertiary/aromatic N) is 6. The largest absolute Gasteiger partial charge is 0.256 e. The normalized spacial score (nSPS) is 11.2. The zero-order valence-electron chi connectivity index (χ0n) is 60.1. The van der Waals surface area contributed by atoms with E-state index in [9.17, 15) is 0 Å². The molecular weight excluding hydrogens is 1630 g/mol. The maximum atomic E-state index is 5.16. The molecule has 0 spiro atoms. The van der Waals surface area contributed by atoms with Gasteiger partial charge in [0.1, 0.15) is 0 Å². The molecule has 0 amide bonds. The van der Waals surface area contributed by atoms with E-state index >= 15 is 0 Å². The molecule has 0 aliphatic carbocycles. The zero-order valence-corrected chi connectivity index (χ0v) is 66.5. The quantitative estimate of drug-likeness (QED) is 0.0904. The summed E-state index contributed by atoms with van der Waals surface area (Å²) in [6, 6.07) is 125. The number of halogens is 4. The van der Waals surface area contributed by atoms with Gasteiger partial charge in [0.15, 0.2) is 5.82 Å². The van der Waals surface area contributed by atoms with E-state index < -0.39 is 0 Å². The van der Waals surface area contributed by atoms with Crippen molar-refractivity contribution in [3.8, 4) is 190 Å². The minimum atomic E-state index is 0.628. The summed E-state index contributed by atoms with van der Waals surface area (Å²) in [7, 11) is 0. The Hall–Kier alpha value is -12.5. The van der Waals surface area contributed by atoms with Crippen LogP contribution in [0.25, 0.3) is 190 Å². The lowest BCUT2D eigenvalue weighted by atomic mass is 9.86. The van der Waals surface area contributed by atoms with Gasteiger partial charge in [0.2, 0.25) is 0 Å². The number of rotatable bonds is 17. The molecule has 18 rings (SSSR count). The van der Waals surface area contributed by atoms with Gasteiger partial charge in [0.25, 0.3) is 0 Å². The molecule has 0 unspecified atom stereocenters. The second-order valence-electron chi connectivity index (χ2n) is 27.4. The van der Waals surface area contributed by atoms with Crippen molar-refractivity contribution in [3.05, 3.63) is 407 Å². The Labute approximate surface area is 684 Å². The van der Waals surface area contributed by atoms with E-state index in [4.69, 9.17) is 9.97 Å². The minimum Gasteiger partial charge on any atom is -0.256 e. The van der Waals surface area contributed by atoms with Gasteiger partial charge in [-0.1, -0.05) is 306 Å². The van der Waals surface area contributed by atoms with E-state index in [-0.39, 0.29) is 0 Å². The van der Waals surface area contributed by atoms with Gasteiger partial charge in [-0.05, 0) is 237 Å². The summed E-state index contributed by atoms with van der Waals surface area (Å²) < 4.78 is 3.92. The minimum absolute atomic E-state index is 0.628. The van der Waals surface area contributed by atoms with Crippen LogP contribution in [-0.4, -0.2) is 29.9 Å². The first kappa shape index (κ1) is 71.1. The summed E-state index contributed by atoms with van der Waals surface area (Å²) in [5.74, 6) is 0.628. The molecule has 530 valence electrons. The van der Waals surface area contributed by atoms with Gasteiger partial charge >= 0.3 is 0 Å². The summed E-state index contributed by atoms with van der Waals surface area (Å²) >= 11 is 16.1.